The number of oxime groups is 1. The summed E-state index contributed by atoms with van der Waals surface area (Å²) in [6.45, 7) is 3.05. The Hall–Kier alpha value is -2.43. The van der Waals surface area contributed by atoms with Gasteiger partial charge in [-0.25, -0.2) is 10.2 Å². The van der Waals surface area contributed by atoms with E-state index in [4.69, 9.17) is 10.5 Å². The molecule has 0 aromatic rings. The minimum absolute atomic E-state index is 0.0303. The van der Waals surface area contributed by atoms with Crippen LogP contribution in [0.15, 0.2) is 10.3 Å². The fourth-order valence-electron chi connectivity index (χ4n) is 0.771. The van der Waals surface area contributed by atoms with Gasteiger partial charge < -0.3 is 9.94 Å². The van der Waals surface area contributed by atoms with E-state index in [1.807, 2.05) is 5.43 Å². The molecule has 0 atom stereocenters. The second-order valence-corrected chi connectivity index (χ2v) is 2.74. The Morgan fingerprint density at radius 3 is 2.65 bits per heavy atom. The summed E-state index contributed by atoms with van der Waals surface area (Å²) in [5, 5.41) is 23.0. The number of esters is 1. The Labute approximate surface area is 97.5 Å². The highest BCUT2D eigenvalue weighted by Crippen LogP contribution is 1.89. The Morgan fingerprint density at radius 2 is 2.18 bits per heavy atom. The largest absolute Gasteiger partial charge is 0.461 e. The van der Waals surface area contributed by atoms with Crippen LogP contribution in [-0.2, 0) is 14.3 Å². The fourth-order valence-corrected chi connectivity index (χ4v) is 0.771. The van der Waals surface area contributed by atoms with E-state index in [-0.39, 0.29) is 18.7 Å². The lowest BCUT2D eigenvalue weighted by molar-refractivity contribution is -0.135. The topological polar surface area (TPSA) is 124 Å². The average molecular weight is 240 g/mol. The van der Waals surface area contributed by atoms with Crippen LogP contribution in [0.4, 0.5) is 0 Å². The molecule has 0 unspecified atom stereocenters. The number of nitriles is 1. The molecule has 0 fully saturated rings. The standard InChI is InChI=1S/C9H12N4O4/c1-3-17-9(15)8(13-16)6(2)11-12-7(14)4-5-10/h16H,3-4H2,1-2H3,(H,12,14). The normalized spacial score (nSPS) is 11.6. The molecule has 0 aliphatic heterocycles. The molecule has 0 aliphatic rings. The van der Waals surface area contributed by atoms with Crippen LogP contribution in [0.1, 0.15) is 20.3 Å². The smallest absolute Gasteiger partial charge is 0.362 e. The summed E-state index contributed by atoms with van der Waals surface area (Å²) >= 11 is 0. The lowest BCUT2D eigenvalue weighted by atomic mass is 10.2. The van der Waals surface area contributed by atoms with Gasteiger partial charge >= 0.3 is 5.97 Å². The number of ether oxygens (including phenoxy) is 1. The molecular formula is C9H12N4O4. The summed E-state index contributed by atoms with van der Waals surface area (Å²) in [5.41, 5.74) is 1.58. The van der Waals surface area contributed by atoms with Crippen molar-refractivity contribution in [1.29, 1.82) is 5.26 Å². The second kappa shape index (κ2) is 7.81. The minimum Gasteiger partial charge on any atom is -0.461 e. The van der Waals surface area contributed by atoms with Gasteiger partial charge in [0.15, 0.2) is 0 Å². The molecule has 2 N–H and O–H groups in total. The van der Waals surface area contributed by atoms with E-state index < -0.39 is 17.6 Å². The first-order valence-corrected chi connectivity index (χ1v) is 4.66. The van der Waals surface area contributed by atoms with Crippen LogP contribution >= 0.6 is 0 Å². The molecule has 0 heterocycles. The number of hydrogen-bond donors (Lipinski definition) is 2. The third kappa shape index (κ3) is 5.27. The van der Waals surface area contributed by atoms with Crippen LogP contribution in [0.3, 0.4) is 0 Å². The third-order valence-corrected chi connectivity index (χ3v) is 1.50. The van der Waals surface area contributed by atoms with Crippen molar-refractivity contribution in [2.75, 3.05) is 6.61 Å². The maximum absolute atomic E-state index is 11.2. The van der Waals surface area contributed by atoms with E-state index in [0.29, 0.717) is 0 Å². The Balaban J connectivity index is 4.61. The van der Waals surface area contributed by atoms with Gasteiger partial charge in [0.05, 0.1) is 18.4 Å². The predicted octanol–water partition coefficient (Wildman–Crippen LogP) is -0.215. The summed E-state index contributed by atoms with van der Waals surface area (Å²) in [5.74, 6) is -1.49. The van der Waals surface area contributed by atoms with Gasteiger partial charge in [-0.15, -0.1) is 0 Å². The first-order valence-electron chi connectivity index (χ1n) is 4.66. The van der Waals surface area contributed by atoms with Crippen LogP contribution in [0.25, 0.3) is 0 Å². The number of rotatable bonds is 5. The van der Waals surface area contributed by atoms with Gasteiger partial charge in [0.25, 0.3) is 5.91 Å². The van der Waals surface area contributed by atoms with E-state index in [1.165, 1.54) is 6.92 Å². The van der Waals surface area contributed by atoms with E-state index in [9.17, 15) is 9.59 Å². The molecule has 0 aromatic carbocycles. The first-order chi connectivity index (χ1) is 8.06. The van der Waals surface area contributed by atoms with Gasteiger partial charge in [-0.2, -0.15) is 10.4 Å². The van der Waals surface area contributed by atoms with Gasteiger partial charge in [-0.05, 0) is 13.8 Å². The van der Waals surface area contributed by atoms with E-state index in [1.54, 1.807) is 13.0 Å². The fraction of sp³-hybridized carbons (Fsp3) is 0.444. The summed E-state index contributed by atoms with van der Waals surface area (Å²) in [4.78, 5) is 22.1. The highest BCUT2D eigenvalue weighted by atomic mass is 16.5. The highest BCUT2D eigenvalue weighted by Gasteiger charge is 2.17. The number of carbonyl (C=O) groups is 2. The Morgan fingerprint density at radius 1 is 1.53 bits per heavy atom. The van der Waals surface area contributed by atoms with Gasteiger partial charge in [-0.1, -0.05) is 5.16 Å². The van der Waals surface area contributed by atoms with Crippen molar-refractivity contribution in [2.24, 2.45) is 10.3 Å². The van der Waals surface area contributed by atoms with Gasteiger partial charge in [0.1, 0.15) is 6.42 Å². The molecule has 0 bridgehead atoms. The van der Waals surface area contributed by atoms with Crippen LogP contribution < -0.4 is 5.43 Å². The lowest BCUT2D eigenvalue weighted by Gasteiger charge is -2.03. The Bertz CT molecular complexity index is 394. The molecule has 17 heavy (non-hydrogen) atoms. The van der Waals surface area contributed by atoms with Crippen molar-refractivity contribution in [2.45, 2.75) is 20.3 Å². The monoisotopic (exact) mass is 240 g/mol. The third-order valence-electron chi connectivity index (χ3n) is 1.50. The maximum Gasteiger partial charge on any atom is 0.362 e. The molecule has 1 amide bonds. The van der Waals surface area contributed by atoms with Gasteiger partial charge in [0, 0.05) is 0 Å². The number of hydrazone groups is 1. The average Bonchev–Trinajstić information content (AvgIpc) is 2.28. The molecular weight excluding hydrogens is 228 g/mol. The maximum atomic E-state index is 11.2. The summed E-state index contributed by atoms with van der Waals surface area (Å²) < 4.78 is 4.59. The molecule has 8 nitrogen and oxygen atoms in total. The molecule has 0 aromatic heterocycles. The van der Waals surface area contributed by atoms with Crippen LogP contribution in [0, 0.1) is 11.3 Å². The van der Waals surface area contributed by atoms with Crippen molar-refractivity contribution < 1.29 is 19.5 Å². The van der Waals surface area contributed by atoms with E-state index in [0.717, 1.165) is 0 Å². The zero-order valence-corrected chi connectivity index (χ0v) is 9.43. The number of hydrogen-bond acceptors (Lipinski definition) is 7. The molecule has 0 radical (unpaired) electrons. The summed E-state index contributed by atoms with van der Waals surface area (Å²) in [6, 6.07) is 1.62. The summed E-state index contributed by atoms with van der Waals surface area (Å²) in [7, 11) is 0. The van der Waals surface area contributed by atoms with E-state index in [2.05, 4.69) is 15.0 Å². The number of amides is 1. The zero-order chi connectivity index (χ0) is 13.3. The lowest BCUT2D eigenvalue weighted by Crippen LogP contribution is -2.28. The number of nitrogens with one attached hydrogen (secondary N) is 1. The highest BCUT2D eigenvalue weighted by molar-refractivity contribution is 6.65. The van der Waals surface area contributed by atoms with Crippen LogP contribution in [0.5, 0.6) is 0 Å². The molecule has 0 saturated carbocycles. The Kier molecular flexibility index (Phi) is 6.69. The van der Waals surface area contributed by atoms with Crippen molar-refractivity contribution in [3.63, 3.8) is 0 Å². The first kappa shape index (κ1) is 14.6. The summed E-state index contributed by atoms with van der Waals surface area (Å²) in [6.07, 6.45) is -0.359. The van der Waals surface area contributed by atoms with Crippen LogP contribution in [-0.4, -0.2) is 35.1 Å². The molecule has 0 spiro atoms. The SMILES string of the molecule is CCOC(=O)C(=NO)C(C)=NNC(=O)CC#N. The predicted molar refractivity (Wildman–Crippen MR) is 57.3 cm³/mol. The number of carbonyl (C=O) groups excluding carboxylic acids is 2. The van der Waals surface area contributed by atoms with Crippen molar-refractivity contribution in [3.05, 3.63) is 0 Å². The minimum atomic E-state index is -0.856. The molecule has 0 aliphatic carbocycles. The second-order valence-electron chi connectivity index (χ2n) is 2.74. The number of nitrogens with zero attached hydrogens (tertiary/aromatic N) is 3. The molecule has 0 rings (SSSR count). The quantitative estimate of drug-likeness (QED) is 0.297. The van der Waals surface area contributed by atoms with Crippen LogP contribution in [0.2, 0.25) is 0 Å². The van der Waals surface area contributed by atoms with Crippen molar-refractivity contribution >= 4 is 23.3 Å². The van der Waals surface area contributed by atoms with Gasteiger partial charge in [0.2, 0.25) is 5.71 Å². The van der Waals surface area contributed by atoms with Crippen molar-refractivity contribution in [3.8, 4) is 6.07 Å². The molecule has 92 valence electrons. The molecule has 8 heteroatoms. The van der Waals surface area contributed by atoms with Crippen molar-refractivity contribution in [1.82, 2.24) is 5.43 Å². The molecule has 0 saturated heterocycles. The zero-order valence-electron chi connectivity index (χ0n) is 9.43. The van der Waals surface area contributed by atoms with E-state index >= 15 is 0 Å². The van der Waals surface area contributed by atoms with Gasteiger partial charge in [-0.3, -0.25) is 4.79 Å².